The lowest BCUT2D eigenvalue weighted by atomic mass is 15.9. The molecule has 0 saturated carbocycles. The monoisotopic (exact) mass is 99.9 g/mol. The van der Waals surface area contributed by atoms with Gasteiger partial charge in [0.1, 0.15) is 0 Å². The molecular weight excluding hydrogens is 99.5 g/mol. The molecule has 0 N–H and O–H groups in total. The zero-order valence-electron chi connectivity index (χ0n) is 1.64. The van der Waals surface area contributed by atoms with Gasteiger partial charge in [0, 0.05) is 10.7 Å². The van der Waals surface area contributed by atoms with Crippen LogP contribution >= 0.6 is 10.7 Å². The molecule has 0 spiro atoms. The zero-order chi connectivity index (χ0) is 3.58. The van der Waals surface area contributed by atoms with Crippen LogP contribution in [0.4, 0.5) is 0 Å². The molecule has 26 valence electrons. The van der Waals surface area contributed by atoms with Gasteiger partial charge in [-0.15, -0.1) is 0 Å². The van der Waals surface area contributed by atoms with Crippen LogP contribution in [0, 0.1) is 0 Å². The summed E-state index contributed by atoms with van der Waals surface area (Å²) in [5.41, 5.74) is 0. The van der Waals surface area contributed by atoms with Crippen LogP contribution in [0.2, 0.25) is 0 Å². The van der Waals surface area contributed by atoms with Crippen molar-refractivity contribution in [3.8, 4) is 0 Å². The van der Waals surface area contributed by atoms with E-state index in [1.165, 1.54) is 0 Å². The third kappa shape index (κ3) is 59.8. The van der Waals surface area contributed by atoms with E-state index < -0.39 is 9.92 Å². The van der Waals surface area contributed by atoms with Crippen molar-refractivity contribution in [1.82, 2.24) is 0 Å². The lowest BCUT2D eigenvalue weighted by Gasteiger charge is -1.37. The van der Waals surface area contributed by atoms with Gasteiger partial charge >= 0.3 is 0 Å². The van der Waals surface area contributed by atoms with Crippen molar-refractivity contribution in [2.75, 3.05) is 0 Å². The van der Waals surface area contributed by atoms with Crippen LogP contribution in [0.25, 0.3) is 0 Å². The summed E-state index contributed by atoms with van der Waals surface area (Å²) in [5.74, 6) is 0. The molecule has 0 fully saturated rings. The highest BCUT2D eigenvalue weighted by atomic mass is 35.7. The summed E-state index contributed by atoms with van der Waals surface area (Å²) in [7, 11) is 1.58. The van der Waals surface area contributed by atoms with E-state index in [0.29, 0.717) is 0 Å². The first kappa shape index (κ1) is 4.24. The number of halogens is 1. The standard InChI is InChI=1S/ClHO2S/c1-4(2)3/h4H. The van der Waals surface area contributed by atoms with Gasteiger partial charge < -0.3 is 0 Å². The highest BCUT2D eigenvalue weighted by molar-refractivity contribution is 7.98. The van der Waals surface area contributed by atoms with Crippen molar-refractivity contribution in [2.45, 2.75) is 0 Å². The Bertz CT molecular complexity index is 54.4. The average molecular weight is 101 g/mol. The van der Waals surface area contributed by atoms with E-state index in [4.69, 9.17) is 8.42 Å². The molecule has 0 rings (SSSR count). The average Bonchev–Trinajstić information content (AvgIpc) is 0.811. The predicted octanol–water partition coefficient (Wildman–Crippen LogP) is -0.248. The third-order valence-electron chi connectivity index (χ3n) is 0. The van der Waals surface area contributed by atoms with E-state index in [0.717, 1.165) is 0 Å². The quantitative estimate of drug-likeness (QED) is 0.337. The molecule has 4 heteroatoms. The SMILES string of the molecule is O=[SH](=O)Cl. The number of rotatable bonds is 0. The Morgan fingerprint density at radius 1 is 1.50 bits per heavy atom. The number of hydrogen-bond acceptors (Lipinski definition) is 2. The van der Waals surface area contributed by atoms with Gasteiger partial charge in [-0.3, -0.25) is 0 Å². The van der Waals surface area contributed by atoms with Gasteiger partial charge in [-0.05, 0) is 0 Å². The first-order chi connectivity index (χ1) is 1.73. The minimum atomic E-state index is -2.65. The molecule has 0 amide bonds. The number of hydrogen-bond donors (Lipinski definition) is 1. The fourth-order valence-corrected chi connectivity index (χ4v) is 0. The molecule has 0 heterocycles. The van der Waals surface area contributed by atoms with Crippen molar-refractivity contribution < 1.29 is 8.42 Å². The minimum Gasteiger partial charge on any atom is -0.215 e. The molecule has 0 radical (unpaired) electrons. The fourth-order valence-electron chi connectivity index (χ4n) is 0. The normalized spacial score (nSPS) is 8.50. The van der Waals surface area contributed by atoms with Crippen LogP contribution in [-0.4, -0.2) is 8.42 Å². The molecule has 0 bridgehead atoms. The molecule has 0 unspecified atom stereocenters. The van der Waals surface area contributed by atoms with Crippen LogP contribution in [0.5, 0.6) is 0 Å². The van der Waals surface area contributed by atoms with Gasteiger partial charge in [-0.2, -0.15) is 0 Å². The summed E-state index contributed by atoms with van der Waals surface area (Å²) in [6.45, 7) is 0. The summed E-state index contributed by atoms with van der Waals surface area (Å²) in [6, 6.07) is 0. The second-order valence-electron chi connectivity index (χ2n) is 0.213. The summed E-state index contributed by atoms with van der Waals surface area (Å²) in [4.78, 5) is 0. The maximum atomic E-state index is 8.80. The van der Waals surface area contributed by atoms with Crippen LogP contribution in [0.1, 0.15) is 0 Å². The van der Waals surface area contributed by atoms with E-state index in [1.807, 2.05) is 0 Å². The van der Waals surface area contributed by atoms with Gasteiger partial charge in [-0.25, -0.2) is 8.42 Å². The molecular formula is HClO2S. The smallest absolute Gasteiger partial charge is 0.215 e. The summed E-state index contributed by atoms with van der Waals surface area (Å²) in [6.07, 6.45) is 0. The Hall–Kier alpha value is 0.240. The molecule has 4 heavy (non-hydrogen) atoms. The van der Waals surface area contributed by atoms with E-state index in [9.17, 15) is 0 Å². The molecule has 0 aliphatic carbocycles. The molecule has 0 aliphatic rings. The van der Waals surface area contributed by atoms with E-state index in [1.54, 1.807) is 0 Å². The zero-order valence-corrected chi connectivity index (χ0v) is 3.29. The van der Waals surface area contributed by atoms with E-state index in [2.05, 4.69) is 10.7 Å². The lowest BCUT2D eigenvalue weighted by Crippen LogP contribution is -1.41. The Morgan fingerprint density at radius 2 is 1.50 bits per heavy atom. The van der Waals surface area contributed by atoms with Crippen LogP contribution in [-0.2, 0) is 9.92 Å². The highest BCUT2D eigenvalue weighted by Crippen LogP contribution is 1.61. The molecule has 0 aromatic heterocycles. The maximum absolute atomic E-state index is 8.80. The highest BCUT2D eigenvalue weighted by Gasteiger charge is 1.49. The largest absolute Gasteiger partial charge is 0.222 e. The molecule has 2 nitrogen and oxygen atoms in total. The first-order valence-corrected chi connectivity index (χ1v) is 2.62. The topological polar surface area (TPSA) is 34.1 Å². The van der Waals surface area contributed by atoms with Crippen molar-refractivity contribution >= 4 is 20.6 Å². The van der Waals surface area contributed by atoms with Gasteiger partial charge in [0.15, 0.2) is 0 Å². The van der Waals surface area contributed by atoms with Crippen LogP contribution in [0.15, 0.2) is 0 Å². The molecule has 0 aliphatic heterocycles. The lowest BCUT2D eigenvalue weighted by molar-refractivity contribution is 0.626. The van der Waals surface area contributed by atoms with E-state index in [-0.39, 0.29) is 0 Å². The van der Waals surface area contributed by atoms with Gasteiger partial charge in [0.05, 0.1) is 0 Å². The van der Waals surface area contributed by atoms with Crippen molar-refractivity contribution in [2.24, 2.45) is 0 Å². The fraction of sp³-hybridized carbons (Fsp3) is 0. The van der Waals surface area contributed by atoms with Crippen LogP contribution in [0.3, 0.4) is 0 Å². The third-order valence-corrected chi connectivity index (χ3v) is 0. The Kier molecular flexibility index (Phi) is 1.64. The van der Waals surface area contributed by atoms with Crippen molar-refractivity contribution in [1.29, 1.82) is 0 Å². The summed E-state index contributed by atoms with van der Waals surface area (Å²) >= 11 is 0. The second kappa shape index (κ2) is 1.55. The maximum Gasteiger partial charge on any atom is 0.222 e. The van der Waals surface area contributed by atoms with Gasteiger partial charge in [0.2, 0.25) is 9.92 Å². The second-order valence-corrected chi connectivity index (χ2v) is 1.47. The first-order valence-electron chi connectivity index (χ1n) is 0.534. The van der Waals surface area contributed by atoms with E-state index >= 15 is 0 Å². The minimum absolute atomic E-state index is 2.65. The molecule has 0 aromatic rings. The Balaban J connectivity index is 3.51. The Labute approximate surface area is 29.8 Å². The molecule has 0 aromatic carbocycles. The summed E-state index contributed by atoms with van der Waals surface area (Å²) < 4.78 is 17.6. The van der Waals surface area contributed by atoms with Crippen molar-refractivity contribution in [3.63, 3.8) is 0 Å². The van der Waals surface area contributed by atoms with Crippen molar-refractivity contribution in [3.05, 3.63) is 0 Å². The summed E-state index contributed by atoms with van der Waals surface area (Å²) in [5, 5.41) is 0. The van der Waals surface area contributed by atoms with Crippen LogP contribution < -0.4 is 0 Å². The molecule has 0 saturated heterocycles. The van der Waals surface area contributed by atoms with Gasteiger partial charge in [0.25, 0.3) is 0 Å². The predicted molar refractivity (Wildman–Crippen MR) is 16.2 cm³/mol. The Morgan fingerprint density at radius 3 is 1.50 bits per heavy atom. The molecule has 0 atom stereocenters. The number of thiol groups is 1. The van der Waals surface area contributed by atoms with Gasteiger partial charge in [-0.1, -0.05) is 0 Å².